The summed E-state index contributed by atoms with van der Waals surface area (Å²) in [6, 6.07) is 1.71. The number of fused-ring (bicyclic) bond motifs is 1. The van der Waals surface area contributed by atoms with Gasteiger partial charge in [0.05, 0.1) is 11.6 Å². The van der Waals surface area contributed by atoms with Crippen LogP contribution in [0, 0.1) is 5.92 Å². The maximum absolute atomic E-state index is 10.8. The molecule has 0 saturated heterocycles. The molecule has 1 atom stereocenters. The highest BCUT2D eigenvalue weighted by Gasteiger charge is 2.25. The van der Waals surface area contributed by atoms with Crippen molar-refractivity contribution < 1.29 is 9.90 Å². The smallest absolute Gasteiger partial charge is 0.306 e. The van der Waals surface area contributed by atoms with Gasteiger partial charge in [0.2, 0.25) is 0 Å². The maximum Gasteiger partial charge on any atom is 0.306 e. The molecule has 4 nitrogen and oxygen atoms in total. The van der Waals surface area contributed by atoms with Crippen LogP contribution in [0.2, 0.25) is 5.15 Å². The minimum atomic E-state index is -0.747. The van der Waals surface area contributed by atoms with Crippen molar-refractivity contribution in [3.63, 3.8) is 0 Å². The van der Waals surface area contributed by atoms with Gasteiger partial charge in [-0.25, -0.2) is 0 Å². The number of hydrogen-bond donors (Lipinski definition) is 1. The van der Waals surface area contributed by atoms with Crippen molar-refractivity contribution in [2.45, 2.75) is 19.3 Å². The quantitative estimate of drug-likeness (QED) is 0.763. The lowest BCUT2D eigenvalue weighted by Crippen LogP contribution is -2.23. The van der Waals surface area contributed by atoms with E-state index >= 15 is 0 Å². The first-order valence-electron chi connectivity index (χ1n) is 4.40. The first kappa shape index (κ1) is 9.40. The molecule has 0 radical (unpaired) electrons. The van der Waals surface area contributed by atoms with Gasteiger partial charge in [0.1, 0.15) is 0 Å². The van der Waals surface area contributed by atoms with E-state index in [1.54, 1.807) is 6.07 Å². The van der Waals surface area contributed by atoms with Gasteiger partial charge in [-0.3, -0.25) is 4.79 Å². The van der Waals surface area contributed by atoms with Crippen LogP contribution in [-0.4, -0.2) is 21.3 Å². The molecule has 0 aromatic carbocycles. The van der Waals surface area contributed by atoms with Gasteiger partial charge in [-0.15, -0.1) is 5.10 Å². The van der Waals surface area contributed by atoms with Crippen LogP contribution >= 0.6 is 11.6 Å². The van der Waals surface area contributed by atoms with E-state index in [0.717, 1.165) is 11.3 Å². The van der Waals surface area contributed by atoms with E-state index in [4.69, 9.17) is 16.7 Å². The molecule has 1 aromatic rings. The molecule has 0 aliphatic heterocycles. The molecule has 0 amide bonds. The molecule has 1 heterocycles. The summed E-state index contributed by atoms with van der Waals surface area (Å²) in [5.41, 5.74) is 1.80. The molecule has 1 N–H and O–H groups in total. The number of aryl methyl sites for hydroxylation is 1. The van der Waals surface area contributed by atoms with Gasteiger partial charge < -0.3 is 5.11 Å². The molecule has 1 aromatic heterocycles. The maximum atomic E-state index is 10.8. The van der Waals surface area contributed by atoms with Gasteiger partial charge in [-0.1, -0.05) is 11.6 Å². The fourth-order valence-corrected chi connectivity index (χ4v) is 1.87. The zero-order valence-electron chi connectivity index (χ0n) is 7.40. The van der Waals surface area contributed by atoms with Crippen LogP contribution in [0.1, 0.15) is 17.7 Å². The van der Waals surface area contributed by atoms with Gasteiger partial charge in [0.15, 0.2) is 5.15 Å². The van der Waals surface area contributed by atoms with E-state index in [-0.39, 0.29) is 5.92 Å². The van der Waals surface area contributed by atoms with E-state index in [2.05, 4.69) is 10.2 Å². The fourth-order valence-electron chi connectivity index (χ4n) is 1.70. The lowest BCUT2D eigenvalue weighted by atomic mass is 9.87. The van der Waals surface area contributed by atoms with E-state index in [1.165, 1.54) is 0 Å². The number of carboxylic acid groups (broad SMARTS) is 1. The van der Waals surface area contributed by atoms with Crippen LogP contribution in [0.25, 0.3) is 0 Å². The molecule has 1 unspecified atom stereocenters. The van der Waals surface area contributed by atoms with Crippen LogP contribution < -0.4 is 0 Å². The summed E-state index contributed by atoms with van der Waals surface area (Å²) in [7, 11) is 0. The summed E-state index contributed by atoms with van der Waals surface area (Å²) in [5, 5.41) is 16.9. The second-order valence-corrected chi connectivity index (χ2v) is 3.80. The Bertz CT molecular complexity index is 381. The first-order chi connectivity index (χ1) is 6.66. The average Bonchev–Trinajstić information content (AvgIpc) is 2.16. The zero-order valence-corrected chi connectivity index (χ0v) is 8.16. The monoisotopic (exact) mass is 212 g/mol. The van der Waals surface area contributed by atoms with Crippen molar-refractivity contribution in [1.82, 2.24) is 10.2 Å². The second kappa shape index (κ2) is 3.53. The Hall–Kier alpha value is -1.16. The number of carbonyl (C=O) groups is 1. The summed E-state index contributed by atoms with van der Waals surface area (Å²) in [4.78, 5) is 10.8. The number of aliphatic carboxylic acids is 1. The molecule has 5 heteroatoms. The Balaban J connectivity index is 2.29. The molecular formula is C9H9ClN2O2. The van der Waals surface area contributed by atoms with E-state index < -0.39 is 5.97 Å². The summed E-state index contributed by atoms with van der Waals surface area (Å²) in [6.45, 7) is 0. The van der Waals surface area contributed by atoms with Crippen molar-refractivity contribution in [1.29, 1.82) is 0 Å². The third kappa shape index (κ3) is 1.70. The Labute approximate surface area is 85.9 Å². The van der Waals surface area contributed by atoms with Crippen LogP contribution in [-0.2, 0) is 17.6 Å². The lowest BCUT2D eigenvalue weighted by molar-refractivity contribution is -0.142. The van der Waals surface area contributed by atoms with Gasteiger partial charge in [-0.2, -0.15) is 5.10 Å². The zero-order chi connectivity index (χ0) is 10.1. The van der Waals surface area contributed by atoms with Crippen LogP contribution in [0.4, 0.5) is 0 Å². The van der Waals surface area contributed by atoms with Gasteiger partial charge in [0.25, 0.3) is 0 Å². The molecule has 0 saturated carbocycles. The highest BCUT2D eigenvalue weighted by molar-refractivity contribution is 6.29. The van der Waals surface area contributed by atoms with Crippen LogP contribution in [0.5, 0.6) is 0 Å². The molecule has 14 heavy (non-hydrogen) atoms. The highest BCUT2D eigenvalue weighted by atomic mass is 35.5. The molecule has 1 aliphatic carbocycles. The van der Waals surface area contributed by atoms with Crippen molar-refractivity contribution >= 4 is 17.6 Å². The van der Waals surface area contributed by atoms with Crippen LogP contribution in [0.3, 0.4) is 0 Å². The summed E-state index contributed by atoms with van der Waals surface area (Å²) in [5.74, 6) is -1.05. The molecule has 2 rings (SSSR count). The standard InChI is InChI=1S/C9H9ClN2O2/c10-8-4-6-3-5(9(13)14)1-2-7(6)11-12-8/h4-5H,1-3H2,(H,13,14). The number of aromatic nitrogens is 2. The fraction of sp³-hybridized carbons (Fsp3) is 0.444. The largest absolute Gasteiger partial charge is 0.481 e. The minimum Gasteiger partial charge on any atom is -0.481 e. The SMILES string of the molecule is O=C(O)C1CCc2nnc(Cl)cc2C1. The van der Waals surface area contributed by atoms with E-state index in [0.29, 0.717) is 24.4 Å². The molecule has 0 fully saturated rings. The number of nitrogens with zero attached hydrogens (tertiary/aromatic N) is 2. The number of hydrogen-bond acceptors (Lipinski definition) is 3. The summed E-state index contributed by atoms with van der Waals surface area (Å²) >= 11 is 5.68. The summed E-state index contributed by atoms with van der Waals surface area (Å²) in [6.07, 6.45) is 1.83. The third-order valence-electron chi connectivity index (χ3n) is 2.48. The van der Waals surface area contributed by atoms with Crippen LogP contribution in [0.15, 0.2) is 6.07 Å². The minimum absolute atomic E-state index is 0.303. The Morgan fingerprint density at radius 1 is 1.57 bits per heavy atom. The second-order valence-electron chi connectivity index (χ2n) is 3.42. The first-order valence-corrected chi connectivity index (χ1v) is 4.78. The predicted molar refractivity (Wildman–Crippen MR) is 50.2 cm³/mol. The Morgan fingerprint density at radius 3 is 3.07 bits per heavy atom. The van der Waals surface area contributed by atoms with Gasteiger partial charge in [0, 0.05) is 0 Å². The lowest BCUT2D eigenvalue weighted by Gasteiger charge is -2.19. The van der Waals surface area contributed by atoms with Gasteiger partial charge >= 0.3 is 5.97 Å². The third-order valence-corrected chi connectivity index (χ3v) is 2.66. The van der Waals surface area contributed by atoms with Crippen molar-refractivity contribution in [3.8, 4) is 0 Å². The van der Waals surface area contributed by atoms with E-state index in [9.17, 15) is 4.79 Å². The molecule has 0 spiro atoms. The average molecular weight is 213 g/mol. The van der Waals surface area contributed by atoms with Crippen molar-refractivity contribution in [2.75, 3.05) is 0 Å². The topological polar surface area (TPSA) is 63.1 Å². The van der Waals surface area contributed by atoms with Crippen molar-refractivity contribution in [3.05, 3.63) is 22.5 Å². The molecular weight excluding hydrogens is 204 g/mol. The predicted octanol–water partition coefficient (Wildman–Crippen LogP) is 1.32. The van der Waals surface area contributed by atoms with E-state index in [1.807, 2.05) is 0 Å². The normalized spacial score (nSPS) is 20.2. The Morgan fingerprint density at radius 2 is 2.36 bits per heavy atom. The number of halogens is 1. The van der Waals surface area contributed by atoms with Crippen molar-refractivity contribution in [2.24, 2.45) is 5.92 Å². The molecule has 1 aliphatic rings. The summed E-state index contributed by atoms with van der Waals surface area (Å²) < 4.78 is 0. The molecule has 0 bridgehead atoms. The number of carboxylic acids is 1. The number of rotatable bonds is 1. The molecule has 74 valence electrons. The van der Waals surface area contributed by atoms with Gasteiger partial charge in [-0.05, 0) is 30.9 Å². The Kier molecular flexibility index (Phi) is 2.37. The highest BCUT2D eigenvalue weighted by Crippen LogP contribution is 2.25.